The molecule has 0 saturated heterocycles. The summed E-state index contributed by atoms with van der Waals surface area (Å²) in [6.07, 6.45) is 1.48. The zero-order valence-electron chi connectivity index (χ0n) is 17.1. The smallest absolute Gasteiger partial charge is 0.342 e. The quantitative estimate of drug-likeness (QED) is 0.209. The van der Waals surface area contributed by atoms with E-state index in [9.17, 15) is 9.59 Å². The fourth-order valence-electron chi connectivity index (χ4n) is 2.66. The Hall–Kier alpha value is -3.48. The Bertz CT molecular complexity index is 873. The maximum Gasteiger partial charge on any atom is 0.342 e. The molecule has 0 spiro atoms. The summed E-state index contributed by atoms with van der Waals surface area (Å²) >= 11 is 0. The molecule has 0 radical (unpaired) electrons. The van der Waals surface area contributed by atoms with E-state index in [1.807, 2.05) is 0 Å². The minimum atomic E-state index is -0.720. The van der Waals surface area contributed by atoms with Gasteiger partial charge < -0.3 is 23.7 Å². The van der Waals surface area contributed by atoms with E-state index in [4.69, 9.17) is 23.7 Å². The standard InChI is InChI=1S/C22H24O7/c1-6-29-22(24)17(11-14-7-9-16(25-2)10-8-14)20(23)15-12-18(26-3)21(28-5)19(13-15)27-4/h7-13H,6H2,1-5H3/b17-11-. The van der Waals surface area contributed by atoms with Gasteiger partial charge in [-0.15, -0.1) is 0 Å². The summed E-state index contributed by atoms with van der Waals surface area (Å²) in [7, 11) is 5.92. The molecule has 0 aromatic heterocycles. The predicted molar refractivity (Wildman–Crippen MR) is 108 cm³/mol. The maximum absolute atomic E-state index is 13.2. The van der Waals surface area contributed by atoms with E-state index in [-0.39, 0.29) is 17.7 Å². The minimum Gasteiger partial charge on any atom is -0.497 e. The van der Waals surface area contributed by atoms with Gasteiger partial charge in [-0.05, 0) is 42.8 Å². The number of hydrogen-bond acceptors (Lipinski definition) is 7. The third-order valence-corrected chi connectivity index (χ3v) is 4.09. The Morgan fingerprint density at radius 3 is 1.90 bits per heavy atom. The fraction of sp³-hybridized carbons (Fsp3) is 0.273. The molecular weight excluding hydrogens is 376 g/mol. The fourth-order valence-corrected chi connectivity index (χ4v) is 2.66. The van der Waals surface area contributed by atoms with Crippen LogP contribution in [0.15, 0.2) is 42.0 Å². The van der Waals surface area contributed by atoms with Gasteiger partial charge in [-0.25, -0.2) is 4.79 Å². The zero-order chi connectivity index (χ0) is 21.4. The van der Waals surface area contributed by atoms with Crippen molar-refractivity contribution in [2.75, 3.05) is 35.0 Å². The van der Waals surface area contributed by atoms with Crippen LogP contribution in [-0.2, 0) is 9.53 Å². The highest BCUT2D eigenvalue weighted by Gasteiger charge is 2.24. The monoisotopic (exact) mass is 400 g/mol. The lowest BCUT2D eigenvalue weighted by Gasteiger charge is -2.14. The zero-order valence-corrected chi connectivity index (χ0v) is 17.1. The van der Waals surface area contributed by atoms with Gasteiger partial charge in [-0.2, -0.15) is 0 Å². The third-order valence-electron chi connectivity index (χ3n) is 4.09. The largest absolute Gasteiger partial charge is 0.497 e. The Morgan fingerprint density at radius 1 is 0.862 bits per heavy atom. The number of rotatable bonds is 9. The number of carbonyl (C=O) groups excluding carboxylic acids is 2. The van der Waals surface area contributed by atoms with Gasteiger partial charge in [-0.3, -0.25) is 4.79 Å². The van der Waals surface area contributed by atoms with Gasteiger partial charge in [0.2, 0.25) is 11.5 Å². The van der Waals surface area contributed by atoms with Gasteiger partial charge in [-0.1, -0.05) is 12.1 Å². The molecule has 2 aromatic rings. The molecule has 0 aliphatic carbocycles. The van der Waals surface area contributed by atoms with Crippen LogP contribution in [0.1, 0.15) is 22.8 Å². The summed E-state index contributed by atoms with van der Waals surface area (Å²) in [5.74, 6) is 0.380. The molecule has 0 atom stereocenters. The summed E-state index contributed by atoms with van der Waals surface area (Å²) in [6, 6.07) is 9.92. The van der Waals surface area contributed by atoms with Crippen molar-refractivity contribution < 1.29 is 33.3 Å². The number of methoxy groups -OCH3 is 4. The van der Waals surface area contributed by atoms with Gasteiger partial charge in [0.25, 0.3) is 0 Å². The molecule has 0 bridgehead atoms. The van der Waals surface area contributed by atoms with Crippen LogP contribution in [0, 0.1) is 0 Å². The third kappa shape index (κ3) is 5.07. The lowest BCUT2D eigenvalue weighted by atomic mass is 10.00. The van der Waals surface area contributed by atoms with Gasteiger partial charge in [0.1, 0.15) is 11.3 Å². The van der Waals surface area contributed by atoms with Crippen LogP contribution in [0.2, 0.25) is 0 Å². The molecule has 2 aromatic carbocycles. The van der Waals surface area contributed by atoms with Gasteiger partial charge in [0, 0.05) is 5.56 Å². The number of carbonyl (C=O) groups is 2. The summed E-state index contributed by atoms with van der Waals surface area (Å²) in [6.45, 7) is 1.81. The van der Waals surface area contributed by atoms with Gasteiger partial charge in [0.05, 0.1) is 35.0 Å². The van der Waals surface area contributed by atoms with Crippen molar-refractivity contribution in [3.63, 3.8) is 0 Å². The van der Waals surface area contributed by atoms with Crippen molar-refractivity contribution in [2.45, 2.75) is 6.92 Å². The van der Waals surface area contributed by atoms with Crippen molar-refractivity contribution in [1.29, 1.82) is 0 Å². The van der Waals surface area contributed by atoms with Crippen molar-refractivity contribution >= 4 is 17.8 Å². The summed E-state index contributed by atoms with van der Waals surface area (Å²) in [5, 5.41) is 0. The van der Waals surface area contributed by atoms with E-state index in [0.717, 1.165) is 0 Å². The molecule has 0 saturated carbocycles. The van der Waals surface area contributed by atoms with Crippen molar-refractivity contribution in [3.8, 4) is 23.0 Å². The SMILES string of the molecule is CCOC(=O)/C(=C\c1ccc(OC)cc1)C(=O)c1cc(OC)c(OC)c(OC)c1. The van der Waals surface area contributed by atoms with Crippen molar-refractivity contribution in [1.82, 2.24) is 0 Å². The highest BCUT2D eigenvalue weighted by molar-refractivity contribution is 6.27. The van der Waals surface area contributed by atoms with E-state index in [0.29, 0.717) is 28.6 Å². The van der Waals surface area contributed by atoms with Crippen molar-refractivity contribution in [3.05, 3.63) is 53.1 Å². The van der Waals surface area contributed by atoms with E-state index in [1.54, 1.807) is 38.3 Å². The highest BCUT2D eigenvalue weighted by atomic mass is 16.5. The van der Waals surface area contributed by atoms with E-state index in [1.165, 1.54) is 39.5 Å². The second-order valence-electron chi connectivity index (χ2n) is 5.79. The van der Waals surface area contributed by atoms with Crippen LogP contribution in [0.4, 0.5) is 0 Å². The molecule has 0 aliphatic rings. The number of esters is 1. The topological polar surface area (TPSA) is 80.3 Å². The predicted octanol–water partition coefficient (Wildman–Crippen LogP) is 3.55. The van der Waals surface area contributed by atoms with Crippen LogP contribution in [0.5, 0.6) is 23.0 Å². The summed E-state index contributed by atoms with van der Waals surface area (Å²) in [4.78, 5) is 25.7. The van der Waals surface area contributed by atoms with Crippen LogP contribution in [0.25, 0.3) is 6.08 Å². The molecule has 0 aliphatic heterocycles. The lowest BCUT2D eigenvalue weighted by molar-refractivity contribution is -0.137. The molecular formula is C22H24O7. The van der Waals surface area contributed by atoms with Crippen LogP contribution in [0.3, 0.4) is 0 Å². The second-order valence-corrected chi connectivity index (χ2v) is 5.79. The molecule has 29 heavy (non-hydrogen) atoms. The number of ketones is 1. The Morgan fingerprint density at radius 2 is 1.45 bits per heavy atom. The molecule has 0 heterocycles. The van der Waals surface area contributed by atoms with E-state index in [2.05, 4.69) is 0 Å². The first kappa shape index (κ1) is 21.8. The first-order valence-corrected chi connectivity index (χ1v) is 8.86. The van der Waals surface area contributed by atoms with Crippen LogP contribution in [-0.4, -0.2) is 46.8 Å². The molecule has 0 fully saturated rings. The molecule has 0 N–H and O–H groups in total. The normalized spacial score (nSPS) is 10.9. The van der Waals surface area contributed by atoms with Gasteiger partial charge >= 0.3 is 5.97 Å². The first-order valence-electron chi connectivity index (χ1n) is 8.86. The minimum absolute atomic E-state index is 0.119. The molecule has 0 unspecified atom stereocenters. The summed E-state index contributed by atoms with van der Waals surface area (Å²) in [5.41, 5.74) is 0.730. The van der Waals surface area contributed by atoms with Crippen molar-refractivity contribution in [2.24, 2.45) is 0 Å². The number of hydrogen-bond donors (Lipinski definition) is 0. The number of Topliss-reactive ketones (excluding diaryl/α,β-unsaturated/α-hetero) is 1. The molecule has 7 nitrogen and oxygen atoms in total. The molecule has 154 valence electrons. The van der Waals surface area contributed by atoms with Crippen LogP contribution >= 0.6 is 0 Å². The lowest BCUT2D eigenvalue weighted by Crippen LogP contribution is -2.16. The molecule has 7 heteroatoms. The average Bonchev–Trinajstić information content (AvgIpc) is 2.76. The van der Waals surface area contributed by atoms with E-state index >= 15 is 0 Å². The Labute approximate surface area is 169 Å². The number of ether oxygens (including phenoxy) is 5. The molecule has 2 rings (SSSR count). The summed E-state index contributed by atoms with van der Waals surface area (Å²) < 4.78 is 26.1. The Kier molecular flexibility index (Phi) is 7.65. The van der Waals surface area contributed by atoms with Crippen LogP contribution < -0.4 is 18.9 Å². The first-order chi connectivity index (χ1) is 14.0. The highest BCUT2D eigenvalue weighted by Crippen LogP contribution is 2.38. The average molecular weight is 400 g/mol. The second kappa shape index (κ2) is 10.2. The van der Waals surface area contributed by atoms with E-state index < -0.39 is 11.8 Å². The van der Waals surface area contributed by atoms with Gasteiger partial charge in [0.15, 0.2) is 11.5 Å². The maximum atomic E-state index is 13.2. The molecule has 0 amide bonds. The Balaban J connectivity index is 2.54. The number of benzene rings is 2.